The fourth-order valence-electron chi connectivity index (χ4n) is 3.27. The van der Waals surface area contributed by atoms with Gasteiger partial charge < -0.3 is 24.6 Å². The number of aliphatic hydroxyl groups excluding tert-OH is 2. The van der Waals surface area contributed by atoms with Gasteiger partial charge in [-0.2, -0.15) is 0 Å². The summed E-state index contributed by atoms with van der Waals surface area (Å²) >= 11 is 0. The highest BCUT2D eigenvalue weighted by Crippen LogP contribution is 2.37. The van der Waals surface area contributed by atoms with Crippen molar-refractivity contribution in [1.82, 2.24) is 4.90 Å². The van der Waals surface area contributed by atoms with Crippen molar-refractivity contribution in [1.29, 1.82) is 0 Å². The van der Waals surface area contributed by atoms with Crippen LogP contribution in [0.15, 0.2) is 30.3 Å². The van der Waals surface area contributed by atoms with Crippen LogP contribution in [0, 0.1) is 5.41 Å². The summed E-state index contributed by atoms with van der Waals surface area (Å²) in [7, 11) is 0. The van der Waals surface area contributed by atoms with E-state index in [1.165, 1.54) is 0 Å². The molecular weight excluding hydrogens is 334 g/mol. The van der Waals surface area contributed by atoms with Gasteiger partial charge in [-0.15, -0.1) is 0 Å². The zero-order chi connectivity index (χ0) is 19.2. The number of carbonyl (C=O) groups excluding carboxylic acids is 1. The molecule has 1 heterocycles. The van der Waals surface area contributed by atoms with E-state index in [0.717, 1.165) is 5.56 Å². The van der Waals surface area contributed by atoms with Crippen LogP contribution in [0.1, 0.15) is 39.2 Å². The van der Waals surface area contributed by atoms with Gasteiger partial charge in [-0.1, -0.05) is 30.3 Å². The van der Waals surface area contributed by atoms with Crippen molar-refractivity contribution in [2.24, 2.45) is 5.41 Å². The molecule has 2 rings (SSSR count). The normalized spacial score (nSPS) is 23.7. The first-order chi connectivity index (χ1) is 12.3. The molecule has 146 valence electrons. The predicted molar refractivity (Wildman–Crippen MR) is 98.7 cm³/mol. The summed E-state index contributed by atoms with van der Waals surface area (Å²) < 4.78 is 11.6. The van der Waals surface area contributed by atoms with Crippen molar-refractivity contribution in [3.05, 3.63) is 35.9 Å². The van der Waals surface area contributed by atoms with Crippen molar-refractivity contribution in [2.45, 2.75) is 51.9 Å². The molecule has 6 heteroatoms. The zero-order valence-electron chi connectivity index (χ0n) is 16.0. The lowest BCUT2D eigenvalue weighted by molar-refractivity contribution is -0.123. The Bertz CT molecular complexity index is 571. The number of likely N-dealkylation sites (tertiary alicyclic amines) is 1. The second-order valence-electron chi connectivity index (χ2n) is 7.96. The molecule has 1 aliphatic rings. The predicted octanol–water partition coefficient (Wildman–Crippen LogP) is 2.57. The standard InChI is InChI=1S/C20H31NO5/c1-19(2,3)26-18(24)21-11-9-20(15-23,10-12-22)17(13-21)25-14-16-7-5-4-6-8-16/h4-8,17,22-23H,9-15H2,1-3H3/t17-,20-/m0/s1. The smallest absolute Gasteiger partial charge is 0.410 e. The topological polar surface area (TPSA) is 79.2 Å². The maximum Gasteiger partial charge on any atom is 0.410 e. The van der Waals surface area contributed by atoms with Gasteiger partial charge in [0.1, 0.15) is 5.60 Å². The molecule has 2 N–H and O–H groups in total. The molecule has 26 heavy (non-hydrogen) atoms. The molecule has 2 atom stereocenters. The van der Waals surface area contributed by atoms with Crippen LogP contribution in [0.3, 0.4) is 0 Å². The lowest BCUT2D eigenvalue weighted by Gasteiger charge is -2.46. The third kappa shape index (κ3) is 5.43. The minimum absolute atomic E-state index is 0.0296. The monoisotopic (exact) mass is 365 g/mol. The first-order valence-electron chi connectivity index (χ1n) is 9.15. The molecule has 1 fully saturated rings. The third-order valence-corrected chi connectivity index (χ3v) is 4.82. The number of benzene rings is 1. The lowest BCUT2D eigenvalue weighted by Crippen LogP contribution is -2.56. The first kappa shape index (κ1) is 20.7. The minimum atomic E-state index is -0.561. The van der Waals surface area contributed by atoms with E-state index in [9.17, 15) is 15.0 Å². The van der Waals surface area contributed by atoms with Crippen molar-refractivity contribution in [3.63, 3.8) is 0 Å². The van der Waals surface area contributed by atoms with Crippen LogP contribution in [-0.2, 0) is 16.1 Å². The summed E-state index contributed by atoms with van der Waals surface area (Å²) in [6, 6.07) is 9.78. The number of aliphatic hydroxyl groups is 2. The average molecular weight is 365 g/mol. The van der Waals surface area contributed by atoms with Crippen LogP contribution < -0.4 is 0 Å². The van der Waals surface area contributed by atoms with Gasteiger partial charge in [0, 0.05) is 18.6 Å². The molecule has 0 saturated carbocycles. The molecule has 1 amide bonds. The highest BCUT2D eigenvalue weighted by molar-refractivity contribution is 5.68. The van der Waals surface area contributed by atoms with Crippen LogP contribution in [0.4, 0.5) is 4.79 Å². The molecule has 1 aromatic rings. The highest BCUT2D eigenvalue weighted by atomic mass is 16.6. The molecule has 0 spiro atoms. The number of hydrogen-bond acceptors (Lipinski definition) is 5. The quantitative estimate of drug-likeness (QED) is 0.810. The summed E-state index contributed by atoms with van der Waals surface area (Å²) in [6.07, 6.45) is 0.246. The zero-order valence-corrected chi connectivity index (χ0v) is 16.0. The Kier molecular flexibility index (Phi) is 7.03. The number of piperidine rings is 1. The molecular formula is C20H31NO5. The van der Waals surface area contributed by atoms with Crippen molar-refractivity contribution in [3.8, 4) is 0 Å². The molecule has 1 aliphatic heterocycles. The molecule has 0 aromatic heterocycles. The van der Waals surface area contributed by atoms with E-state index in [1.54, 1.807) is 4.90 Å². The largest absolute Gasteiger partial charge is 0.444 e. The molecule has 0 aliphatic carbocycles. The van der Waals surface area contributed by atoms with E-state index < -0.39 is 11.0 Å². The SMILES string of the molecule is CC(C)(C)OC(=O)N1CC[C@@](CO)(CCO)[C@@H](OCc2ccccc2)C1. The third-order valence-electron chi connectivity index (χ3n) is 4.82. The van der Waals surface area contributed by atoms with E-state index in [1.807, 2.05) is 51.1 Å². The summed E-state index contributed by atoms with van der Waals surface area (Å²) in [5.74, 6) is 0. The number of carbonyl (C=O) groups is 1. The van der Waals surface area contributed by atoms with Gasteiger partial charge in [0.2, 0.25) is 0 Å². The van der Waals surface area contributed by atoms with Gasteiger partial charge in [-0.3, -0.25) is 0 Å². The molecule has 0 radical (unpaired) electrons. The summed E-state index contributed by atoms with van der Waals surface area (Å²) in [4.78, 5) is 14.1. The van der Waals surface area contributed by atoms with E-state index in [-0.39, 0.29) is 25.4 Å². The Balaban J connectivity index is 2.11. The summed E-state index contributed by atoms with van der Waals surface area (Å²) in [5.41, 5.74) is -0.0893. The van der Waals surface area contributed by atoms with E-state index in [2.05, 4.69) is 0 Å². The fourth-order valence-corrected chi connectivity index (χ4v) is 3.27. The van der Waals surface area contributed by atoms with Gasteiger partial charge >= 0.3 is 6.09 Å². The van der Waals surface area contributed by atoms with Crippen LogP contribution in [0.5, 0.6) is 0 Å². The maximum absolute atomic E-state index is 12.4. The van der Waals surface area contributed by atoms with Crippen molar-refractivity contribution in [2.75, 3.05) is 26.3 Å². The lowest BCUT2D eigenvalue weighted by atomic mass is 9.74. The summed E-state index contributed by atoms with van der Waals surface area (Å²) in [6.45, 7) is 6.59. The maximum atomic E-state index is 12.4. The van der Waals surface area contributed by atoms with Crippen LogP contribution >= 0.6 is 0 Å². The Hall–Kier alpha value is -1.63. The van der Waals surface area contributed by atoms with E-state index >= 15 is 0 Å². The van der Waals surface area contributed by atoms with Gasteiger partial charge in [-0.05, 0) is 39.2 Å². The second kappa shape index (κ2) is 8.84. The van der Waals surface area contributed by atoms with Crippen LogP contribution in [0.2, 0.25) is 0 Å². The Labute approximate surface area is 155 Å². The first-order valence-corrected chi connectivity index (χ1v) is 9.15. The van der Waals surface area contributed by atoms with Crippen molar-refractivity contribution < 1.29 is 24.5 Å². The molecule has 1 aromatic carbocycles. The Morgan fingerprint density at radius 3 is 2.54 bits per heavy atom. The van der Waals surface area contributed by atoms with Gasteiger partial charge in [0.05, 0.1) is 25.9 Å². The Morgan fingerprint density at radius 2 is 1.96 bits per heavy atom. The van der Waals surface area contributed by atoms with Crippen LogP contribution in [-0.4, -0.2) is 59.2 Å². The molecule has 0 bridgehead atoms. The number of ether oxygens (including phenoxy) is 2. The van der Waals surface area contributed by atoms with Gasteiger partial charge in [0.25, 0.3) is 0 Å². The number of amides is 1. The molecule has 0 unspecified atom stereocenters. The number of rotatable bonds is 6. The second-order valence-corrected chi connectivity index (χ2v) is 7.96. The van der Waals surface area contributed by atoms with Crippen molar-refractivity contribution >= 4 is 6.09 Å². The molecule has 6 nitrogen and oxygen atoms in total. The van der Waals surface area contributed by atoms with E-state index in [4.69, 9.17) is 9.47 Å². The minimum Gasteiger partial charge on any atom is -0.444 e. The van der Waals surface area contributed by atoms with Gasteiger partial charge in [0.15, 0.2) is 0 Å². The van der Waals surface area contributed by atoms with Gasteiger partial charge in [-0.25, -0.2) is 4.79 Å². The molecule has 1 saturated heterocycles. The van der Waals surface area contributed by atoms with Crippen LogP contribution in [0.25, 0.3) is 0 Å². The average Bonchev–Trinajstić information content (AvgIpc) is 2.60. The Morgan fingerprint density at radius 1 is 1.27 bits per heavy atom. The highest BCUT2D eigenvalue weighted by Gasteiger charge is 2.45. The number of nitrogens with zero attached hydrogens (tertiary/aromatic N) is 1. The fraction of sp³-hybridized carbons (Fsp3) is 0.650. The van der Waals surface area contributed by atoms with E-state index in [0.29, 0.717) is 32.5 Å². The summed E-state index contributed by atoms with van der Waals surface area (Å²) in [5, 5.41) is 19.5. The number of hydrogen-bond donors (Lipinski definition) is 2.